The van der Waals surface area contributed by atoms with Gasteiger partial charge in [-0.05, 0) is 53.6 Å². The maximum atomic E-state index is 11.9. The van der Waals surface area contributed by atoms with Crippen LogP contribution in [0.3, 0.4) is 0 Å². The van der Waals surface area contributed by atoms with E-state index < -0.39 is 36.0 Å². The van der Waals surface area contributed by atoms with Crippen LogP contribution in [0.4, 0.5) is 4.79 Å². The predicted molar refractivity (Wildman–Crippen MR) is 108 cm³/mol. The van der Waals surface area contributed by atoms with Crippen LogP contribution in [0.15, 0.2) is 24.3 Å². The van der Waals surface area contributed by atoms with Crippen LogP contribution in [-0.4, -0.2) is 51.9 Å². The van der Waals surface area contributed by atoms with Crippen molar-refractivity contribution in [3.63, 3.8) is 0 Å². The number of carbonyl (C=O) groups is 4. The third-order valence-corrected chi connectivity index (χ3v) is 5.20. The molecule has 1 rings (SSSR count). The van der Waals surface area contributed by atoms with Crippen LogP contribution in [0.5, 0.6) is 0 Å². The number of carboxylic acid groups (broad SMARTS) is 2. The molecule has 1 aromatic rings. The van der Waals surface area contributed by atoms with Crippen molar-refractivity contribution in [1.82, 2.24) is 5.32 Å². The number of thioether (sulfide) groups is 1. The fraction of sp³-hybridized carbons (Fsp3) is 0.412. The minimum atomic E-state index is -1.38. The van der Waals surface area contributed by atoms with Crippen molar-refractivity contribution in [3.8, 4) is 0 Å². The van der Waals surface area contributed by atoms with Gasteiger partial charge in [0.2, 0.25) is 6.10 Å². The Hall–Kier alpha value is -1.82. The van der Waals surface area contributed by atoms with E-state index in [1.165, 1.54) is 18.7 Å². The topological polar surface area (TPSA) is 130 Å². The number of hydrogen-bond donors (Lipinski definition) is 3. The number of amides is 1. The summed E-state index contributed by atoms with van der Waals surface area (Å²) in [6, 6.07) is 6.70. The number of alkyl carbamates (subject to hydrolysis) is 1. The van der Waals surface area contributed by atoms with Crippen LogP contribution in [0.25, 0.3) is 0 Å². The number of carbonyl (C=O) groups excluding carboxylic acids is 2. The molecular formula is C17H20INO7S. The second-order valence-corrected chi connectivity index (χ2v) is 7.89. The first-order valence-electron chi connectivity index (χ1n) is 7.93. The van der Waals surface area contributed by atoms with Gasteiger partial charge in [-0.1, -0.05) is 12.1 Å². The molecule has 0 unspecified atom stereocenters. The lowest BCUT2D eigenvalue weighted by atomic mass is 10.1. The number of Topliss-reactive ketones (excluding diaryl/α,β-unsaturated/α-hetero) is 1. The molecule has 3 N–H and O–H groups in total. The molecule has 0 bridgehead atoms. The van der Waals surface area contributed by atoms with Gasteiger partial charge in [0, 0.05) is 21.5 Å². The Morgan fingerprint density at radius 2 is 1.81 bits per heavy atom. The summed E-state index contributed by atoms with van der Waals surface area (Å²) in [5.74, 6) is -2.25. The second-order valence-electron chi connectivity index (χ2n) is 5.61. The van der Waals surface area contributed by atoms with Gasteiger partial charge < -0.3 is 20.3 Å². The zero-order valence-corrected chi connectivity index (χ0v) is 17.5. The zero-order valence-electron chi connectivity index (χ0n) is 14.5. The van der Waals surface area contributed by atoms with Crippen LogP contribution in [0, 0.1) is 3.57 Å². The van der Waals surface area contributed by atoms with Crippen molar-refractivity contribution in [2.45, 2.75) is 37.7 Å². The Morgan fingerprint density at radius 3 is 2.33 bits per heavy atom. The third kappa shape index (κ3) is 9.61. The van der Waals surface area contributed by atoms with E-state index in [1.54, 1.807) is 0 Å². The molecule has 1 aromatic carbocycles. The Kier molecular flexibility index (Phi) is 10.1. The van der Waals surface area contributed by atoms with E-state index in [0.717, 1.165) is 9.13 Å². The molecule has 0 aliphatic heterocycles. The van der Waals surface area contributed by atoms with Gasteiger partial charge in [-0.25, -0.2) is 9.59 Å². The number of ketones is 1. The summed E-state index contributed by atoms with van der Waals surface area (Å²) < 4.78 is 5.98. The van der Waals surface area contributed by atoms with Crippen molar-refractivity contribution in [1.29, 1.82) is 0 Å². The maximum absolute atomic E-state index is 11.9. The summed E-state index contributed by atoms with van der Waals surface area (Å²) in [5, 5.41) is 20.1. The summed E-state index contributed by atoms with van der Waals surface area (Å²) in [4.78, 5) is 45.3. The molecule has 0 spiro atoms. The molecule has 0 radical (unpaired) electrons. The van der Waals surface area contributed by atoms with Crippen molar-refractivity contribution in [3.05, 3.63) is 33.4 Å². The molecule has 148 valence electrons. The van der Waals surface area contributed by atoms with Crippen LogP contribution in [-0.2, 0) is 24.9 Å². The standard InChI is InChI=1S/C17H20INO7S/c1-10(20)13(6-7-15(21)22)19-17(25)26-14(16(23)24)9-27-8-11-2-4-12(18)5-3-11/h2-5,13-14H,6-9H2,1H3,(H,19,25)(H,21,22)(H,23,24)/t13-,14-/m0/s1/i18-2. The second kappa shape index (κ2) is 11.8. The Balaban J connectivity index is 2.52. The van der Waals surface area contributed by atoms with Crippen LogP contribution in [0.2, 0.25) is 0 Å². The lowest BCUT2D eigenvalue weighted by Crippen LogP contribution is -2.43. The van der Waals surface area contributed by atoms with Crippen molar-refractivity contribution in [2.75, 3.05) is 5.75 Å². The Bertz CT molecular complexity index is 680. The van der Waals surface area contributed by atoms with Crippen LogP contribution < -0.4 is 5.32 Å². The van der Waals surface area contributed by atoms with Gasteiger partial charge >= 0.3 is 18.0 Å². The van der Waals surface area contributed by atoms with Gasteiger partial charge in [-0.3, -0.25) is 9.59 Å². The molecule has 8 nitrogen and oxygen atoms in total. The molecule has 27 heavy (non-hydrogen) atoms. The monoisotopic (exact) mass is 507 g/mol. The summed E-state index contributed by atoms with van der Waals surface area (Å²) in [7, 11) is 0. The van der Waals surface area contributed by atoms with Gasteiger partial charge in [0.05, 0.1) is 6.04 Å². The van der Waals surface area contributed by atoms with Crippen molar-refractivity contribution in [2.24, 2.45) is 0 Å². The van der Waals surface area contributed by atoms with E-state index in [9.17, 15) is 24.3 Å². The zero-order chi connectivity index (χ0) is 20.4. The van der Waals surface area contributed by atoms with Gasteiger partial charge in [-0.2, -0.15) is 11.8 Å². The largest absolute Gasteiger partial charge is 0.481 e. The number of ether oxygens (including phenoxy) is 1. The summed E-state index contributed by atoms with van der Waals surface area (Å²) >= 11 is 3.48. The number of carboxylic acids is 2. The number of nitrogens with one attached hydrogen (secondary N) is 1. The average Bonchev–Trinajstić information content (AvgIpc) is 2.58. The first-order valence-corrected chi connectivity index (χ1v) is 10.2. The molecule has 0 saturated heterocycles. The van der Waals surface area contributed by atoms with Crippen molar-refractivity contribution >= 4 is 58.2 Å². The predicted octanol–water partition coefficient (Wildman–Crippen LogP) is 2.53. The maximum Gasteiger partial charge on any atom is 0.408 e. The van der Waals surface area contributed by atoms with Crippen molar-refractivity contribution < 1.29 is 34.1 Å². The fourth-order valence-corrected chi connectivity index (χ4v) is 3.30. The van der Waals surface area contributed by atoms with E-state index in [1.807, 2.05) is 24.3 Å². The SMILES string of the molecule is CC(=O)[C@H](CCC(=O)O)NC(=O)O[C@@H](CSCc1ccc([125I])cc1)C(=O)O. The quantitative estimate of drug-likeness (QED) is 0.390. The van der Waals surface area contributed by atoms with Crippen LogP contribution in [0.1, 0.15) is 25.3 Å². The van der Waals surface area contributed by atoms with E-state index in [0.29, 0.717) is 5.75 Å². The fourth-order valence-electron chi connectivity index (χ4n) is 1.97. The minimum Gasteiger partial charge on any atom is -0.481 e. The normalized spacial score (nSPS) is 12.7. The van der Waals surface area contributed by atoms with Crippen LogP contribution >= 0.6 is 34.4 Å². The number of halogens is 1. The number of hydrogen-bond acceptors (Lipinski definition) is 6. The summed E-state index contributed by atoms with van der Waals surface area (Å²) in [6.07, 6.45) is -2.86. The molecule has 2 atom stereocenters. The minimum absolute atomic E-state index is 0.0363. The molecule has 10 heteroatoms. The molecule has 0 fully saturated rings. The van der Waals surface area contributed by atoms with E-state index >= 15 is 0 Å². The van der Waals surface area contributed by atoms with Gasteiger partial charge in [0.15, 0.2) is 5.78 Å². The van der Waals surface area contributed by atoms with Gasteiger partial charge in [0.25, 0.3) is 0 Å². The molecule has 0 aromatic heterocycles. The van der Waals surface area contributed by atoms with Gasteiger partial charge in [-0.15, -0.1) is 0 Å². The van der Waals surface area contributed by atoms with E-state index in [2.05, 4.69) is 27.9 Å². The molecule has 0 aliphatic rings. The molecule has 0 aliphatic carbocycles. The Labute approximate surface area is 174 Å². The molecule has 1 amide bonds. The van der Waals surface area contributed by atoms with E-state index in [4.69, 9.17) is 9.84 Å². The molecule has 0 saturated carbocycles. The highest BCUT2D eigenvalue weighted by atomic mass is 125. The highest BCUT2D eigenvalue weighted by Gasteiger charge is 2.25. The summed E-state index contributed by atoms with van der Waals surface area (Å²) in [6.45, 7) is 1.21. The van der Waals surface area contributed by atoms with Gasteiger partial charge in [0.1, 0.15) is 0 Å². The lowest BCUT2D eigenvalue weighted by Gasteiger charge is -2.18. The summed E-state index contributed by atoms with van der Waals surface area (Å²) in [5.41, 5.74) is 1.01. The third-order valence-electron chi connectivity index (χ3n) is 3.41. The number of rotatable bonds is 11. The average molecular weight is 507 g/mol. The lowest BCUT2D eigenvalue weighted by molar-refractivity contribution is -0.145. The first kappa shape index (κ1) is 23.2. The molecule has 0 heterocycles. The number of benzene rings is 1. The highest BCUT2D eigenvalue weighted by molar-refractivity contribution is 14.1. The highest BCUT2D eigenvalue weighted by Crippen LogP contribution is 2.16. The smallest absolute Gasteiger partial charge is 0.408 e. The molecular weight excluding hydrogens is 487 g/mol. The number of aliphatic carboxylic acids is 2. The first-order chi connectivity index (χ1) is 12.7. The van der Waals surface area contributed by atoms with E-state index in [-0.39, 0.29) is 18.6 Å². The Morgan fingerprint density at radius 1 is 1.19 bits per heavy atom.